The van der Waals surface area contributed by atoms with E-state index in [0.717, 1.165) is 6.42 Å². The number of hydrogen-bond donors (Lipinski definition) is 0. The third-order valence-corrected chi connectivity index (χ3v) is 1.38. The van der Waals surface area contributed by atoms with Gasteiger partial charge in [0.2, 0.25) is 0 Å². The maximum atomic E-state index is 10.5. The molecule has 0 unspecified atom stereocenters. The summed E-state index contributed by atoms with van der Waals surface area (Å²) < 4.78 is 9.20. The number of carbonyl (C=O) groups excluding carboxylic acids is 1. The van der Waals surface area contributed by atoms with Crippen molar-refractivity contribution in [3.8, 4) is 0 Å². The largest absolute Gasteiger partial charge is 0.508 e. The molecule has 10 heavy (non-hydrogen) atoms. The van der Waals surface area contributed by atoms with Crippen LogP contribution in [0.25, 0.3) is 0 Å². The lowest BCUT2D eigenvalue weighted by Crippen LogP contribution is -2.26. The number of methoxy groups -OCH3 is 1. The minimum absolute atomic E-state index is 0.410. The van der Waals surface area contributed by atoms with E-state index in [1.165, 1.54) is 7.11 Å². The van der Waals surface area contributed by atoms with Crippen LogP contribution >= 0.6 is 0 Å². The molecule has 0 aliphatic carbocycles. The highest BCUT2D eigenvalue weighted by Crippen LogP contribution is 2.13. The van der Waals surface area contributed by atoms with E-state index in [4.69, 9.17) is 4.74 Å². The van der Waals surface area contributed by atoms with E-state index in [2.05, 4.69) is 4.74 Å². The van der Waals surface area contributed by atoms with E-state index in [0.29, 0.717) is 0 Å². The van der Waals surface area contributed by atoms with Gasteiger partial charge in [-0.25, -0.2) is 4.79 Å². The van der Waals surface area contributed by atoms with Crippen LogP contribution in [0.1, 0.15) is 27.2 Å². The molecule has 3 nitrogen and oxygen atoms in total. The Bertz CT molecular complexity index is 118. The number of rotatable bonds is 2. The third kappa shape index (κ3) is 3.33. The highest BCUT2D eigenvalue weighted by molar-refractivity contribution is 5.60. The Morgan fingerprint density at radius 1 is 1.50 bits per heavy atom. The molecule has 0 aliphatic heterocycles. The van der Waals surface area contributed by atoms with Gasteiger partial charge in [-0.05, 0) is 20.3 Å². The van der Waals surface area contributed by atoms with Gasteiger partial charge in [-0.2, -0.15) is 0 Å². The van der Waals surface area contributed by atoms with Crippen molar-refractivity contribution in [2.24, 2.45) is 0 Å². The molecular formula is C7H14O3. The van der Waals surface area contributed by atoms with Crippen LogP contribution in [0.3, 0.4) is 0 Å². The first-order chi connectivity index (χ1) is 4.52. The molecular weight excluding hydrogens is 132 g/mol. The van der Waals surface area contributed by atoms with Gasteiger partial charge in [-0.1, -0.05) is 6.92 Å². The highest BCUT2D eigenvalue weighted by Gasteiger charge is 2.20. The average Bonchev–Trinajstić information content (AvgIpc) is 1.87. The molecule has 0 amide bonds. The fourth-order valence-corrected chi connectivity index (χ4v) is 0.339. The zero-order valence-corrected chi connectivity index (χ0v) is 6.93. The molecule has 0 heterocycles. The van der Waals surface area contributed by atoms with Gasteiger partial charge in [0.15, 0.2) is 0 Å². The Kier molecular flexibility index (Phi) is 3.19. The van der Waals surface area contributed by atoms with Crippen molar-refractivity contribution in [1.82, 2.24) is 0 Å². The topological polar surface area (TPSA) is 35.5 Å². The lowest BCUT2D eigenvalue weighted by Gasteiger charge is -2.21. The van der Waals surface area contributed by atoms with E-state index < -0.39 is 11.8 Å². The second-order valence-electron chi connectivity index (χ2n) is 2.67. The van der Waals surface area contributed by atoms with Crippen molar-refractivity contribution >= 4 is 6.16 Å². The summed E-state index contributed by atoms with van der Waals surface area (Å²) in [6.07, 6.45) is 0.161. The van der Waals surface area contributed by atoms with Gasteiger partial charge in [0.25, 0.3) is 0 Å². The summed E-state index contributed by atoms with van der Waals surface area (Å²) in [5.74, 6) is 0. The second-order valence-corrected chi connectivity index (χ2v) is 2.67. The quantitative estimate of drug-likeness (QED) is 0.558. The molecule has 0 aromatic carbocycles. The summed E-state index contributed by atoms with van der Waals surface area (Å²) >= 11 is 0. The Balaban J connectivity index is 3.76. The molecule has 0 bridgehead atoms. The van der Waals surface area contributed by atoms with Crippen molar-refractivity contribution < 1.29 is 14.3 Å². The minimum atomic E-state index is -0.619. The van der Waals surface area contributed by atoms with Crippen molar-refractivity contribution in [3.63, 3.8) is 0 Å². The zero-order valence-electron chi connectivity index (χ0n) is 6.93. The number of ether oxygens (including phenoxy) is 2. The van der Waals surface area contributed by atoms with E-state index in [1.807, 2.05) is 20.8 Å². The van der Waals surface area contributed by atoms with Crippen LogP contribution in [0.2, 0.25) is 0 Å². The predicted octanol–water partition coefficient (Wildman–Crippen LogP) is 1.96. The van der Waals surface area contributed by atoms with E-state index >= 15 is 0 Å². The van der Waals surface area contributed by atoms with Crippen molar-refractivity contribution in [1.29, 1.82) is 0 Å². The highest BCUT2D eigenvalue weighted by atomic mass is 16.7. The average molecular weight is 146 g/mol. The second kappa shape index (κ2) is 3.44. The van der Waals surface area contributed by atoms with Crippen LogP contribution in [-0.2, 0) is 9.47 Å². The van der Waals surface area contributed by atoms with Crippen LogP contribution < -0.4 is 0 Å². The maximum Gasteiger partial charge on any atom is 0.508 e. The van der Waals surface area contributed by atoms with Crippen molar-refractivity contribution in [2.75, 3.05) is 7.11 Å². The summed E-state index contributed by atoms with van der Waals surface area (Å²) in [4.78, 5) is 10.5. The molecule has 0 spiro atoms. The van der Waals surface area contributed by atoms with Gasteiger partial charge < -0.3 is 9.47 Å². The molecule has 0 saturated heterocycles. The molecule has 0 atom stereocenters. The van der Waals surface area contributed by atoms with Crippen LogP contribution in [0.5, 0.6) is 0 Å². The van der Waals surface area contributed by atoms with Crippen LogP contribution in [0, 0.1) is 0 Å². The molecule has 0 fully saturated rings. The third-order valence-electron chi connectivity index (χ3n) is 1.38. The Labute approximate surface area is 61.3 Å². The Hall–Kier alpha value is -0.730. The molecule has 0 N–H and O–H groups in total. The van der Waals surface area contributed by atoms with Gasteiger partial charge in [0.1, 0.15) is 5.60 Å². The standard InChI is InChI=1S/C7H14O3/c1-5-7(2,3)10-6(8)9-4/h5H2,1-4H3. The maximum absolute atomic E-state index is 10.5. The first-order valence-corrected chi connectivity index (χ1v) is 3.29. The monoisotopic (exact) mass is 146 g/mol. The van der Waals surface area contributed by atoms with E-state index in [9.17, 15) is 4.79 Å². The van der Waals surface area contributed by atoms with Crippen LogP contribution in [-0.4, -0.2) is 18.9 Å². The first-order valence-electron chi connectivity index (χ1n) is 3.29. The van der Waals surface area contributed by atoms with Gasteiger partial charge in [-0.15, -0.1) is 0 Å². The first kappa shape index (κ1) is 9.27. The zero-order chi connectivity index (χ0) is 8.20. The van der Waals surface area contributed by atoms with E-state index in [1.54, 1.807) is 0 Å². The molecule has 0 rings (SSSR count). The van der Waals surface area contributed by atoms with Crippen molar-refractivity contribution in [3.05, 3.63) is 0 Å². The van der Waals surface area contributed by atoms with Gasteiger partial charge in [0.05, 0.1) is 7.11 Å². The fraction of sp³-hybridized carbons (Fsp3) is 0.857. The molecule has 0 radical (unpaired) electrons. The molecule has 3 heteroatoms. The predicted molar refractivity (Wildman–Crippen MR) is 37.9 cm³/mol. The lowest BCUT2D eigenvalue weighted by molar-refractivity contribution is -0.00855. The SMILES string of the molecule is CCC(C)(C)OC(=O)OC. The van der Waals surface area contributed by atoms with Crippen LogP contribution in [0.15, 0.2) is 0 Å². The summed E-state index contributed by atoms with van der Waals surface area (Å²) in [7, 11) is 1.30. The summed E-state index contributed by atoms with van der Waals surface area (Å²) in [6.45, 7) is 5.62. The van der Waals surface area contributed by atoms with Gasteiger partial charge >= 0.3 is 6.16 Å². The fourth-order valence-electron chi connectivity index (χ4n) is 0.339. The lowest BCUT2D eigenvalue weighted by atomic mass is 10.1. The molecule has 0 saturated carbocycles. The molecule has 0 aliphatic rings. The Morgan fingerprint density at radius 3 is 2.30 bits per heavy atom. The Morgan fingerprint density at radius 2 is 2.00 bits per heavy atom. The molecule has 0 aromatic heterocycles. The molecule has 60 valence electrons. The number of carbonyl (C=O) groups is 1. The minimum Gasteiger partial charge on any atom is -0.438 e. The van der Waals surface area contributed by atoms with Gasteiger partial charge in [0, 0.05) is 0 Å². The van der Waals surface area contributed by atoms with Crippen molar-refractivity contribution in [2.45, 2.75) is 32.8 Å². The van der Waals surface area contributed by atoms with Gasteiger partial charge in [-0.3, -0.25) is 0 Å². The summed E-state index contributed by atoms with van der Waals surface area (Å²) in [5, 5.41) is 0. The van der Waals surface area contributed by atoms with Crippen LogP contribution in [0.4, 0.5) is 4.79 Å². The number of hydrogen-bond acceptors (Lipinski definition) is 3. The summed E-state index contributed by atoms with van der Waals surface area (Å²) in [6, 6.07) is 0. The van der Waals surface area contributed by atoms with E-state index in [-0.39, 0.29) is 0 Å². The summed E-state index contributed by atoms with van der Waals surface area (Å²) in [5.41, 5.74) is -0.410. The normalized spacial score (nSPS) is 10.8. The smallest absolute Gasteiger partial charge is 0.438 e. The molecule has 0 aromatic rings.